The second-order valence-electron chi connectivity index (χ2n) is 8.26. The van der Waals surface area contributed by atoms with Gasteiger partial charge in [-0.2, -0.15) is 0 Å². The average molecular weight is 412 g/mol. The van der Waals surface area contributed by atoms with Crippen LogP contribution in [-0.4, -0.2) is 39.2 Å². The molecule has 6 heteroatoms. The number of rotatable bonds is 6. The van der Waals surface area contributed by atoms with Crippen LogP contribution in [0.15, 0.2) is 35.8 Å². The lowest BCUT2D eigenvalue weighted by Crippen LogP contribution is -2.49. The van der Waals surface area contributed by atoms with Crippen LogP contribution < -0.4 is 0 Å². The second kappa shape index (κ2) is 9.08. The van der Waals surface area contributed by atoms with Gasteiger partial charge in [-0.15, -0.1) is 11.3 Å². The zero-order valence-corrected chi connectivity index (χ0v) is 17.9. The zero-order valence-electron chi connectivity index (χ0n) is 17.0. The smallest absolute Gasteiger partial charge is 0.228 e. The highest BCUT2D eigenvalue weighted by atomic mass is 32.1. The first-order chi connectivity index (χ1) is 14.1. The molecule has 0 radical (unpaired) electrons. The van der Waals surface area contributed by atoms with E-state index < -0.39 is 0 Å². The topological polar surface area (TPSA) is 53.5 Å². The van der Waals surface area contributed by atoms with Gasteiger partial charge >= 0.3 is 0 Å². The Morgan fingerprint density at radius 1 is 1.17 bits per heavy atom. The van der Waals surface area contributed by atoms with Crippen molar-refractivity contribution in [3.63, 3.8) is 0 Å². The molecule has 4 rings (SSSR count). The fraction of sp³-hybridized carbons (Fsp3) is 0.522. The summed E-state index contributed by atoms with van der Waals surface area (Å²) in [5, 5.41) is 0. The number of hydrogen-bond donors (Lipinski definition) is 0. The Labute approximate surface area is 176 Å². The lowest BCUT2D eigenvalue weighted by atomic mass is 9.94. The molecular weight excluding hydrogens is 382 g/mol. The van der Waals surface area contributed by atoms with Gasteiger partial charge in [-0.1, -0.05) is 43.2 Å². The molecule has 2 fully saturated rings. The Hall–Kier alpha value is -2.21. The van der Waals surface area contributed by atoms with E-state index in [-0.39, 0.29) is 17.7 Å². The number of piperidine rings is 1. The minimum atomic E-state index is -0.106. The molecule has 2 aromatic rings. The van der Waals surface area contributed by atoms with Crippen molar-refractivity contribution in [3.05, 3.63) is 52.0 Å². The van der Waals surface area contributed by atoms with Gasteiger partial charge in [0.15, 0.2) is 0 Å². The molecule has 1 saturated carbocycles. The van der Waals surface area contributed by atoms with Crippen LogP contribution in [0.3, 0.4) is 0 Å². The number of benzene rings is 1. The Balaban J connectivity index is 1.51. The van der Waals surface area contributed by atoms with E-state index in [1.807, 2.05) is 40.4 Å². The number of amides is 2. The number of carbonyl (C=O) groups excluding carboxylic acids is 2. The van der Waals surface area contributed by atoms with Gasteiger partial charge in [0.05, 0.1) is 23.7 Å². The molecule has 0 N–H and O–H groups in total. The van der Waals surface area contributed by atoms with Crippen molar-refractivity contribution in [2.75, 3.05) is 6.54 Å². The molecule has 1 aliphatic heterocycles. The number of aromatic nitrogens is 1. The maximum absolute atomic E-state index is 13.6. The molecule has 5 nitrogen and oxygen atoms in total. The fourth-order valence-electron chi connectivity index (χ4n) is 4.57. The largest absolute Gasteiger partial charge is 0.339 e. The van der Waals surface area contributed by atoms with Crippen molar-refractivity contribution in [2.24, 2.45) is 5.92 Å². The molecule has 2 aliphatic rings. The molecule has 0 spiro atoms. The summed E-state index contributed by atoms with van der Waals surface area (Å²) in [7, 11) is 0. The van der Waals surface area contributed by atoms with Crippen LogP contribution in [0.5, 0.6) is 0 Å². The highest BCUT2D eigenvalue weighted by Crippen LogP contribution is 2.30. The summed E-state index contributed by atoms with van der Waals surface area (Å²) in [6.45, 7) is 3.75. The van der Waals surface area contributed by atoms with E-state index in [4.69, 9.17) is 0 Å². The molecular formula is C23H29N3O2S. The van der Waals surface area contributed by atoms with Gasteiger partial charge in [0.2, 0.25) is 11.8 Å². The molecule has 2 amide bonds. The van der Waals surface area contributed by atoms with Crippen molar-refractivity contribution < 1.29 is 9.59 Å². The van der Waals surface area contributed by atoms with Crippen LogP contribution in [0, 0.1) is 12.8 Å². The average Bonchev–Trinajstić information content (AvgIpc) is 3.40. The predicted molar refractivity (Wildman–Crippen MR) is 114 cm³/mol. The monoisotopic (exact) mass is 411 g/mol. The highest BCUT2D eigenvalue weighted by Gasteiger charge is 2.36. The van der Waals surface area contributed by atoms with E-state index in [2.05, 4.69) is 17.1 Å². The minimum absolute atomic E-state index is 0.106. The first-order valence-electron chi connectivity index (χ1n) is 10.6. The van der Waals surface area contributed by atoms with Crippen molar-refractivity contribution in [2.45, 2.75) is 64.6 Å². The SMILES string of the molecule is Cc1ncsc1CN(Cc1ccccc1)C(=O)[C@H]1CCC(=O)N(C2CCCC2)C1. The van der Waals surface area contributed by atoms with E-state index in [0.29, 0.717) is 38.5 Å². The van der Waals surface area contributed by atoms with Crippen LogP contribution in [0.1, 0.15) is 54.7 Å². The summed E-state index contributed by atoms with van der Waals surface area (Å²) >= 11 is 1.60. The van der Waals surface area contributed by atoms with Gasteiger partial charge in [-0.3, -0.25) is 9.59 Å². The maximum Gasteiger partial charge on any atom is 0.228 e. The van der Waals surface area contributed by atoms with E-state index in [1.165, 1.54) is 12.8 Å². The van der Waals surface area contributed by atoms with Crippen LogP contribution in [-0.2, 0) is 22.7 Å². The molecule has 2 heterocycles. The second-order valence-corrected chi connectivity index (χ2v) is 9.20. The molecule has 29 heavy (non-hydrogen) atoms. The highest BCUT2D eigenvalue weighted by molar-refractivity contribution is 7.09. The summed E-state index contributed by atoms with van der Waals surface area (Å²) in [4.78, 5) is 35.5. The maximum atomic E-state index is 13.6. The van der Waals surface area contributed by atoms with Gasteiger partial charge < -0.3 is 9.80 Å². The molecule has 1 atom stereocenters. The van der Waals surface area contributed by atoms with Crippen molar-refractivity contribution >= 4 is 23.2 Å². The van der Waals surface area contributed by atoms with Crippen molar-refractivity contribution in [1.82, 2.24) is 14.8 Å². The Bertz CT molecular complexity index is 845. The van der Waals surface area contributed by atoms with Gasteiger partial charge in [0, 0.05) is 30.4 Å². The zero-order chi connectivity index (χ0) is 20.2. The predicted octanol–water partition coefficient (Wildman–Crippen LogP) is 4.16. The Morgan fingerprint density at radius 3 is 2.62 bits per heavy atom. The van der Waals surface area contributed by atoms with E-state index >= 15 is 0 Å². The third-order valence-electron chi connectivity index (χ3n) is 6.27. The number of aryl methyl sites for hydroxylation is 1. The molecule has 0 unspecified atom stereocenters. The number of likely N-dealkylation sites (tertiary alicyclic amines) is 1. The molecule has 1 aliphatic carbocycles. The quantitative estimate of drug-likeness (QED) is 0.717. The third kappa shape index (κ3) is 4.69. The molecule has 154 valence electrons. The fourth-order valence-corrected chi connectivity index (χ4v) is 5.36. The summed E-state index contributed by atoms with van der Waals surface area (Å²) in [6.07, 6.45) is 5.70. The van der Waals surface area contributed by atoms with Crippen molar-refractivity contribution in [1.29, 1.82) is 0 Å². The van der Waals surface area contributed by atoms with Gasteiger partial charge in [0.1, 0.15) is 0 Å². The number of hydrogen-bond acceptors (Lipinski definition) is 4. The lowest BCUT2D eigenvalue weighted by molar-refractivity contribution is -0.145. The summed E-state index contributed by atoms with van der Waals surface area (Å²) in [5.74, 6) is 0.288. The van der Waals surface area contributed by atoms with Crippen LogP contribution in [0.25, 0.3) is 0 Å². The molecule has 1 aromatic carbocycles. The first kappa shape index (κ1) is 20.1. The number of carbonyl (C=O) groups is 2. The minimum Gasteiger partial charge on any atom is -0.339 e. The standard InChI is InChI=1S/C23H29N3O2S/c1-17-21(29-16-24-17)15-25(13-18-7-3-2-4-8-18)23(28)19-11-12-22(27)26(14-19)20-9-5-6-10-20/h2-4,7-8,16,19-20H,5-6,9-15H2,1H3/t19-/m0/s1. The van der Waals surface area contributed by atoms with Gasteiger partial charge in [-0.25, -0.2) is 4.98 Å². The van der Waals surface area contributed by atoms with E-state index in [9.17, 15) is 9.59 Å². The Kier molecular flexibility index (Phi) is 6.28. The number of thiazole rings is 1. The van der Waals surface area contributed by atoms with E-state index in [1.54, 1.807) is 11.3 Å². The molecule has 0 bridgehead atoms. The van der Waals surface area contributed by atoms with Crippen molar-refractivity contribution in [3.8, 4) is 0 Å². The third-order valence-corrected chi connectivity index (χ3v) is 7.19. The normalized spacial score (nSPS) is 20.2. The number of nitrogens with zero attached hydrogens (tertiary/aromatic N) is 3. The lowest BCUT2D eigenvalue weighted by Gasteiger charge is -2.38. The Morgan fingerprint density at radius 2 is 1.93 bits per heavy atom. The molecule has 1 aromatic heterocycles. The van der Waals surface area contributed by atoms with Gasteiger partial charge in [0.25, 0.3) is 0 Å². The molecule has 1 saturated heterocycles. The summed E-state index contributed by atoms with van der Waals surface area (Å²) in [5.41, 5.74) is 3.96. The van der Waals surface area contributed by atoms with Gasteiger partial charge in [-0.05, 0) is 31.7 Å². The van der Waals surface area contributed by atoms with Crippen LogP contribution in [0.4, 0.5) is 0 Å². The summed E-state index contributed by atoms with van der Waals surface area (Å²) < 4.78 is 0. The van der Waals surface area contributed by atoms with E-state index in [0.717, 1.165) is 29.0 Å². The van der Waals surface area contributed by atoms with Crippen LogP contribution in [0.2, 0.25) is 0 Å². The summed E-state index contributed by atoms with van der Waals surface area (Å²) in [6, 6.07) is 10.5. The van der Waals surface area contributed by atoms with Crippen LogP contribution >= 0.6 is 11.3 Å². The first-order valence-corrected chi connectivity index (χ1v) is 11.5.